The molecule has 2 aromatic heterocycles. The van der Waals surface area contributed by atoms with Crippen LogP contribution in [0.2, 0.25) is 0 Å². The van der Waals surface area contributed by atoms with E-state index in [2.05, 4.69) is 30.1 Å². The van der Waals surface area contributed by atoms with E-state index in [1.807, 2.05) is 37.2 Å². The normalized spacial score (nSPS) is 14.4. The van der Waals surface area contributed by atoms with E-state index in [0.29, 0.717) is 36.4 Å². The van der Waals surface area contributed by atoms with Crippen LogP contribution >= 0.6 is 0 Å². The highest BCUT2D eigenvalue weighted by Crippen LogP contribution is 2.32. The van der Waals surface area contributed by atoms with Gasteiger partial charge in [-0.15, -0.1) is 0 Å². The SMILES string of the molecule is CN(C)c1cc(Nc2cccc(C(F)(F)F)c2)nc(N2CCN(c3ccccn3)CC2)n1. The van der Waals surface area contributed by atoms with Gasteiger partial charge in [0.1, 0.15) is 17.5 Å². The average Bonchev–Trinajstić information content (AvgIpc) is 2.79. The van der Waals surface area contributed by atoms with Crippen LogP contribution in [0.15, 0.2) is 54.7 Å². The van der Waals surface area contributed by atoms with Gasteiger partial charge in [-0.2, -0.15) is 23.1 Å². The molecule has 1 N–H and O–H groups in total. The van der Waals surface area contributed by atoms with Crippen LogP contribution in [0.1, 0.15) is 5.56 Å². The van der Waals surface area contributed by atoms with Gasteiger partial charge in [-0.1, -0.05) is 12.1 Å². The second kappa shape index (κ2) is 8.89. The topological polar surface area (TPSA) is 60.4 Å². The van der Waals surface area contributed by atoms with E-state index in [9.17, 15) is 13.2 Å². The molecule has 1 aliphatic heterocycles. The molecule has 0 saturated carbocycles. The van der Waals surface area contributed by atoms with E-state index in [0.717, 1.165) is 31.0 Å². The molecular formula is C22H24F3N7. The zero-order valence-corrected chi connectivity index (χ0v) is 17.8. The number of aromatic nitrogens is 3. The number of rotatable bonds is 5. The molecule has 3 heterocycles. The van der Waals surface area contributed by atoms with Gasteiger partial charge >= 0.3 is 6.18 Å². The number of alkyl halides is 3. The van der Waals surface area contributed by atoms with Gasteiger partial charge in [-0.25, -0.2) is 4.98 Å². The fourth-order valence-electron chi connectivity index (χ4n) is 3.45. The van der Waals surface area contributed by atoms with E-state index in [4.69, 9.17) is 0 Å². The van der Waals surface area contributed by atoms with Crippen molar-refractivity contribution < 1.29 is 13.2 Å². The Balaban J connectivity index is 1.54. The van der Waals surface area contributed by atoms with Gasteiger partial charge in [0.2, 0.25) is 5.95 Å². The molecule has 0 radical (unpaired) electrons. The Bertz CT molecular complexity index is 1050. The molecule has 0 amide bonds. The Morgan fingerprint density at radius 2 is 1.66 bits per heavy atom. The molecule has 1 fully saturated rings. The van der Waals surface area contributed by atoms with E-state index in [-0.39, 0.29) is 0 Å². The van der Waals surface area contributed by atoms with Crippen LogP contribution in [-0.4, -0.2) is 55.2 Å². The number of piperazine rings is 1. The third-order valence-corrected chi connectivity index (χ3v) is 5.16. The molecule has 1 saturated heterocycles. The van der Waals surface area contributed by atoms with Crippen molar-refractivity contribution >= 4 is 29.1 Å². The quantitative estimate of drug-likeness (QED) is 0.639. The lowest BCUT2D eigenvalue weighted by atomic mass is 10.2. The van der Waals surface area contributed by atoms with E-state index >= 15 is 0 Å². The van der Waals surface area contributed by atoms with Gasteiger partial charge in [-0.3, -0.25) is 0 Å². The smallest absolute Gasteiger partial charge is 0.363 e. The third kappa shape index (κ3) is 5.01. The van der Waals surface area contributed by atoms with Crippen molar-refractivity contribution in [3.8, 4) is 0 Å². The van der Waals surface area contributed by atoms with Crippen LogP contribution in [0.25, 0.3) is 0 Å². The third-order valence-electron chi connectivity index (χ3n) is 5.16. The minimum atomic E-state index is -4.41. The number of nitrogens with zero attached hydrogens (tertiary/aromatic N) is 6. The summed E-state index contributed by atoms with van der Waals surface area (Å²) in [5.74, 6) is 2.56. The highest BCUT2D eigenvalue weighted by Gasteiger charge is 2.30. The summed E-state index contributed by atoms with van der Waals surface area (Å²) in [6.45, 7) is 2.94. The average molecular weight is 443 g/mol. The maximum Gasteiger partial charge on any atom is 0.416 e. The fraction of sp³-hybridized carbons (Fsp3) is 0.318. The molecule has 168 valence electrons. The van der Waals surface area contributed by atoms with Crippen molar-refractivity contribution in [2.75, 3.05) is 60.3 Å². The summed E-state index contributed by atoms with van der Waals surface area (Å²) in [5, 5.41) is 3.00. The zero-order valence-electron chi connectivity index (χ0n) is 17.8. The van der Waals surface area contributed by atoms with Crippen molar-refractivity contribution in [3.63, 3.8) is 0 Å². The van der Waals surface area contributed by atoms with Crippen molar-refractivity contribution in [2.24, 2.45) is 0 Å². The van der Waals surface area contributed by atoms with Crippen molar-refractivity contribution in [1.82, 2.24) is 15.0 Å². The minimum absolute atomic E-state index is 0.314. The second-order valence-corrected chi connectivity index (χ2v) is 7.67. The first-order valence-corrected chi connectivity index (χ1v) is 10.2. The summed E-state index contributed by atoms with van der Waals surface area (Å²) in [5.41, 5.74) is -0.399. The second-order valence-electron chi connectivity index (χ2n) is 7.67. The van der Waals surface area contributed by atoms with Crippen LogP contribution in [0.3, 0.4) is 0 Å². The van der Waals surface area contributed by atoms with Gasteiger partial charge in [0.15, 0.2) is 0 Å². The molecular weight excluding hydrogens is 419 g/mol. The zero-order chi connectivity index (χ0) is 22.7. The molecule has 32 heavy (non-hydrogen) atoms. The summed E-state index contributed by atoms with van der Waals surface area (Å²) < 4.78 is 39.2. The van der Waals surface area contributed by atoms with Crippen LogP contribution < -0.4 is 20.0 Å². The molecule has 0 atom stereocenters. The lowest BCUT2D eigenvalue weighted by Gasteiger charge is -2.35. The first kappa shape index (κ1) is 21.7. The monoisotopic (exact) mass is 443 g/mol. The van der Waals surface area contributed by atoms with Crippen LogP contribution in [0.4, 0.5) is 42.3 Å². The van der Waals surface area contributed by atoms with Gasteiger partial charge in [0, 0.05) is 58.2 Å². The predicted octanol–water partition coefficient (Wildman–Crippen LogP) is 4.03. The van der Waals surface area contributed by atoms with Gasteiger partial charge in [-0.05, 0) is 30.3 Å². The van der Waals surface area contributed by atoms with Gasteiger partial charge < -0.3 is 20.0 Å². The van der Waals surface area contributed by atoms with E-state index < -0.39 is 11.7 Å². The molecule has 1 aromatic carbocycles. The maximum atomic E-state index is 13.1. The standard InChI is InChI=1S/C22H24F3N7/c1-30(2)20-15-18(27-17-7-5-6-16(14-17)22(23,24)25)28-21(29-20)32-12-10-31(11-13-32)19-8-3-4-9-26-19/h3-9,14-15H,10-13H2,1-2H3,(H,27,28,29). The molecule has 1 aliphatic rings. The summed E-state index contributed by atoms with van der Waals surface area (Å²) in [4.78, 5) is 19.7. The van der Waals surface area contributed by atoms with E-state index in [1.165, 1.54) is 6.07 Å². The van der Waals surface area contributed by atoms with Crippen molar-refractivity contribution in [1.29, 1.82) is 0 Å². The molecule has 0 unspecified atom stereocenters. The number of hydrogen-bond donors (Lipinski definition) is 1. The lowest BCUT2D eigenvalue weighted by Crippen LogP contribution is -2.47. The number of anilines is 5. The summed E-state index contributed by atoms with van der Waals surface area (Å²) in [7, 11) is 3.72. The Hall–Kier alpha value is -3.56. The van der Waals surface area contributed by atoms with Gasteiger partial charge in [0.05, 0.1) is 5.56 Å². The number of hydrogen-bond acceptors (Lipinski definition) is 7. The number of nitrogens with one attached hydrogen (secondary N) is 1. The molecule has 4 rings (SSSR count). The number of halogens is 3. The number of pyridine rings is 1. The predicted molar refractivity (Wildman–Crippen MR) is 120 cm³/mol. The summed E-state index contributed by atoms with van der Waals surface area (Å²) in [6, 6.07) is 12.6. The Labute approximate surface area is 184 Å². The highest BCUT2D eigenvalue weighted by atomic mass is 19.4. The van der Waals surface area contributed by atoms with E-state index in [1.54, 1.807) is 18.3 Å². The largest absolute Gasteiger partial charge is 0.416 e. The number of benzene rings is 1. The Morgan fingerprint density at radius 1 is 0.906 bits per heavy atom. The molecule has 7 nitrogen and oxygen atoms in total. The molecule has 0 aliphatic carbocycles. The van der Waals surface area contributed by atoms with Crippen molar-refractivity contribution in [3.05, 3.63) is 60.3 Å². The first-order chi connectivity index (χ1) is 15.3. The maximum absolute atomic E-state index is 13.1. The molecule has 0 bridgehead atoms. The highest BCUT2D eigenvalue weighted by molar-refractivity contribution is 5.62. The Morgan fingerprint density at radius 3 is 2.31 bits per heavy atom. The molecule has 10 heteroatoms. The molecule has 0 spiro atoms. The Kier molecular flexibility index (Phi) is 6.02. The van der Waals surface area contributed by atoms with Crippen LogP contribution in [0.5, 0.6) is 0 Å². The summed E-state index contributed by atoms with van der Waals surface area (Å²) >= 11 is 0. The minimum Gasteiger partial charge on any atom is -0.363 e. The van der Waals surface area contributed by atoms with Crippen molar-refractivity contribution in [2.45, 2.75) is 6.18 Å². The summed E-state index contributed by atoms with van der Waals surface area (Å²) in [6.07, 6.45) is -2.63. The van der Waals surface area contributed by atoms with Gasteiger partial charge in [0.25, 0.3) is 0 Å². The van der Waals surface area contributed by atoms with Crippen LogP contribution in [0, 0.1) is 0 Å². The van der Waals surface area contributed by atoms with Crippen LogP contribution in [-0.2, 0) is 6.18 Å². The molecule has 3 aromatic rings. The first-order valence-electron chi connectivity index (χ1n) is 10.2. The fourth-order valence-corrected chi connectivity index (χ4v) is 3.45. The lowest BCUT2D eigenvalue weighted by molar-refractivity contribution is -0.137.